The number of carbonyl (C=O) groups excluding carboxylic acids is 2. The van der Waals surface area contributed by atoms with Crippen molar-refractivity contribution in [3.8, 4) is 5.75 Å². The molecule has 5 heteroatoms. The van der Waals surface area contributed by atoms with Crippen LogP contribution in [0, 0.1) is 5.92 Å². The predicted octanol–water partition coefficient (Wildman–Crippen LogP) is 2.59. The average Bonchev–Trinajstić information content (AvgIpc) is 2.56. The third-order valence-electron chi connectivity index (χ3n) is 3.67. The number of methoxy groups -OCH3 is 1. The molecule has 0 bridgehead atoms. The molecular weight excluding hydrogens is 292 g/mol. The number of hydrogen-bond donors (Lipinski definition) is 1. The quantitative estimate of drug-likeness (QED) is 0.801. The fraction of sp³-hybridized carbons (Fsp3) is 0.556. The molecule has 0 heterocycles. The van der Waals surface area contributed by atoms with E-state index < -0.39 is 6.04 Å². The molecule has 1 N–H and O–H groups in total. The van der Waals surface area contributed by atoms with E-state index in [9.17, 15) is 9.59 Å². The largest absolute Gasteiger partial charge is 0.497 e. The van der Waals surface area contributed by atoms with Crippen LogP contribution in [0.25, 0.3) is 0 Å². The number of carbonyl (C=O) groups is 2. The summed E-state index contributed by atoms with van der Waals surface area (Å²) in [5.41, 5.74) is 0.969. The minimum atomic E-state index is -0.497. The molecule has 1 unspecified atom stereocenters. The molecule has 1 aromatic rings. The van der Waals surface area contributed by atoms with Gasteiger partial charge in [-0.25, -0.2) is 0 Å². The summed E-state index contributed by atoms with van der Waals surface area (Å²) in [5.74, 6) is 0.995. The van der Waals surface area contributed by atoms with Gasteiger partial charge in [-0.15, -0.1) is 0 Å². The van der Waals surface area contributed by atoms with Crippen LogP contribution in [-0.4, -0.2) is 36.4 Å². The first-order valence-corrected chi connectivity index (χ1v) is 8.09. The average molecular weight is 320 g/mol. The zero-order valence-electron chi connectivity index (χ0n) is 14.8. The first-order chi connectivity index (χ1) is 10.9. The van der Waals surface area contributed by atoms with E-state index in [0.717, 1.165) is 11.3 Å². The van der Waals surface area contributed by atoms with Crippen molar-refractivity contribution in [3.63, 3.8) is 0 Å². The summed E-state index contributed by atoms with van der Waals surface area (Å²) in [5, 5.41) is 2.89. The van der Waals surface area contributed by atoms with Gasteiger partial charge in [-0.05, 0) is 30.5 Å². The molecule has 128 valence electrons. The van der Waals surface area contributed by atoms with Crippen molar-refractivity contribution >= 4 is 11.8 Å². The van der Waals surface area contributed by atoms with Gasteiger partial charge in [-0.1, -0.05) is 32.9 Å². The molecule has 0 aliphatic carbocycles. The van der Waals surface area contributed by atoms with Gasteiger partial charge in [0.2, 0.25) is 11.8 Å². The Labute approximate surface area is 139 Å². The molecule has 1 aromatic carbocycles. The van der Waals surface area contributed by atoms with Crippen LogP contribution >= 0.6 is 0 Å². The highest BCUT2D eigenvalue weighted by molar-refractivity contribution is 5.87. The monoisotopic (exact) mass is 320 g/mol. The number of nitrogens with one attached hydrogen (secondary N) is 1. The molecule has 0 aliphatic heterocycles. The SMILES string of the molecule is CCC(=O)N(Cc1ccc(OC)cc1)C(C)C(=O)NCC(C)C. The maximum Gasteiger partial charge on any atom is 0.242 e. The lowest BCUT2D eigenvalue weighted by atomic mass is 10.1. The fourth-order valence-electron chi connectivity index (χ4n) is 2.17. The minimum absolute atomic E-state index is 0.0342. The van der Waals surface area contributed by atoms with Gasteiger partial charge in [0, 0.05) is 19.5 Å². The normalized spacial score (nSPS) is 11.9. The Bertz CT molecular complexity index is 512. The van der Waals surface area contributed by atoms with Gasteiger partial charge >= 0.3 is 0 Å². The van der Waals surface area contributed by atoms with Crippen LogP contribution in [0.15, 0.2) is 24.3 Å². The van der Waals surface area contributed by atoms with Gasteiger partial charge < -0.3 is 15.0 Å². The van der Waals surface area contributed by atoms with Crippen molar-refractivity contribution in [2.24, 2.45) is 5.92 Å². The number of benzene rings is 1. The number of amides is 2. The summed E-state index contributed by atoms with van der Waals surface area (Å²) in [6.45, 7) is 8.68. The summed E-state index contributed by atoms with van der Waals surface area (Å²) < 4.78 is 5.14. The van der Waals surface area contributed by atoms with Crippen LogP contribution in [0.5, 0.6) is 5.75 Å². The summed E-state index contributed by atoms with van der Waals surface area (Å²) >= 11 is 0. The minimum Gasteiger partial charge on any atom is -0.497 e. The Hall–Kier alpha value is -2.04. The van der Waals surface area contributed by atoms with Crippen molar-refractivity contribution in [1.82, 2.24) is 10.2 Å². The maximum atomic E-state index is 12.3. The van der Waals surface area contributed by atoms with Crippen LogP contribution in [0.1, 0.15) is 39.7 Å². The third kappa shape index (κ3) is 5.93. The third-order valence-corrected chi connectivity index (χ3v) is 3.67. The topological polar surface area (TPSA) is 58.6 Å². The second-order valence-electron chi connectivity index (χ2n) is 6.04. The van der Waals surface area contributed by atoms with Gasteiger partial charge in [0.05, 0.1) is 7.11 Å². The molecule has 0 saturated heterocycles. The molecule has 0 aromatic heterocycles. The molecule has 23 heavy (non-hydrogen) atoms. The molecule has 5 nitrogen and oxygen atoms in total. The van der Waals surface area contributed by atoms with Gasteiger partial charge in [0.15, 0.2) is 0 Å². The predicted molar refractivity (Wildman–Crippen MR) is 91.1 cm³/mol. The van der Waals surface area contributed by atoms with Gasteiger partial charge in [0.1, 0.15) is 11.8 Å². The Balaban J connectivity index is 2.82. The highest BCUT2D eigenvalue weighted by Gasteiger charge is 2.25. The zero-order valence-corrected chi connectivity index (χ0v) is 14.8. The van der Waals surface area contributed by atoms with E-state index in [1.165, 1.54) is 0 Å². The second kappa shape index (κ2) is 9.18. The number of nitrogens with zero attached hydrogens (tertiary/aromatic N) is 1. The first kappa shape index (κ1) is 19.0. The summed E-state index contributed by atoms with van der Waals surface area (Å²) in [4.78, 5) is 26.1. The van der Waals surface area contributed by atoms with Crippen LogP contribution in [0.4, 0.5) is 0 Å². The molecule has 0 radical (unpaired) electrons. The molecule has 0 fully saturated rings. The van der Waals surface area contributed by atoms with Gasteiger partial charge in [-0.3, -0.25) is 9.59 Å². The van der Waals surface area contributed by atoms with Crippen molar-refractivity contribution in [2.75, 3.05) is 13.7 Å². The molecular formula is C18H28N2O3. The lowest BCUT2D eigenvalue weighted by Crippen LogP contribution is -2.48. The Kier molecular flexibility index (Phi) is 7.59. The molecule has 1 atom stereocenters. The second-order valence-corrected chi connectivity index (χ2v) is 6.04. The molecule has 0 aliphatic rings. The van der Waals surface area contributed by atoms with Crippen LogP contribution in [-0.2, 0) is 16.1 Å². The number of rotatable bonds is 8. The standard InChI is InChI=1S/C18H28N2O3/c1-6-17(21)20(14(4)18(22)19-11-13(2)3)12-15-7-9-16(23-5)10-8-15/h7-10,13-14H,6,11-12H2,1-5H3,(H,19,22). The Morgan fingerprint density at radius 2 is 1.78 bits per heavy atom. The van der Waals surface area contributed by atoms with E-state index in [0.29, 0.717) is 25.4 Å². The van der Waals surface area contributed by atoms with Crippen LogP contribution in [0.2, 0.25) is 0 Å². The van der Waals surface area contributed by atoms with E-state index in [1.54, 1.807) is 18.9 Å². The molecule has 2 amide bonds. The first-order valence-electron chi connectivity index (χ1n) is 8.09. The smallest absolute Gasteiger partial charge is 0.242 e. The van der Waals surface area contributed by atoms with Gasteiger partial charge in [-0.2, -0.15) is 0 Å². The van der Waals surface area contributed by atoms with Crippen LogP contribution < -0.4 is 10.1 Å². The Morgan fingerprint density at radius 1 is 1.17 bits per heavy atom. The number of hydrogen-bond acceptors (Lipinski definition) is 3. The lowest BCUT2D eigenvalue weighted by molar-refractivity contribution is -0.140. The molecule has 0 spiro atoms. The van der Waals surface area contributed by atoms with Crippen molar-refractivity contribution in [3.05, 3.63) is 29.8 Å². The van der Waals surface area contributed by atoms with E-state index in [1.807, 2.05) is 45.0 Å². The van der Waals surface area contributed by atoms with Crippen molar-refractivity contribution in [1.29, 1.82) is 0 Å². The summed E-state index contributed by atoms with van der Waals surface area (Å²) in [6, 6.07) is 7.03. The summed E-state index contributed by atoms with van der Waals surface area (Å²) in [6.07, 6.45) is 0.373. The zero-order chi connectivity index (χ0) is 17.4. The van der Waals surface area contributed by atoms with Crippen LogP contribution in [0.3, 0.4) is 0 Å². The molecule has 0 saturated carbocycles. The Morgan fingerprint density at radius 3 is 2.26 bits per heavy atom. The summed E-state index contributed by atoms with van der Waals surface area (Å²) in [7, 11) is 1.61. The highest BCUT2D eigenvalue weighted by Crippen LogP contribution is 2.15. The van der Waals surface area contributed by atoms with Crippen molar-refractivity contribution < 1.29 is 14.3 Å². The lowest BCUT2D eigenvalue weighted by Gasteiger charge is -2.28. The van der Waals surface area contributed by atoms with E-state index in [-0.39, 0.29) is 11.8 Å². The van der Waals surface area contributed by atoms with Gasteiger partial charge in [0.25, 0.3) is 0 Å². The van der Waals surface area contributed by atoms with E-state index >= 15 is 0 Å². The molecule has 1 rings (SSSR count). The van der Waals surface area contributed by atoms with E-state index in [4.69, 9.17) is 4.74 Å². The van der Waals surface area contributed by atoms with E-state index in [2.05, 4.69) is 5.32 Å². The van der Waals surface area contributed by atoms with Crippen molar-refractivity contribution in [2.45, 2.75) is 46.7 Å². The maximum absolute atomic E-state index is 12.3. The highest BCUT2D eigenvalue weighted by atomic mass is 16.5. The number of ether oxygens (including phenoxy) is 1. The fourth-order valence-corrected chi connectivity index (χ4v) is 2.17.